The Morgan fingerprint density at radius 1 is 1.22 bits per heavy atom. The van der Waals surface area contributed by atoms with Gasteiger partial charge in [-0.1, -0.05) is 26.0 Å². The standard InChI is InChI=1S/C11H14N2O3.C2H6/c1-8(14)11(12(2)3)9-4-6-10(7-5-9)13(15)16;1-2/h4-7,11H,1-3H3;1-2H3. The number of nitro benzene ring substituents is 1. The number of hydrogen-bond donors (Lipinski definition) is 0. The average Bonchev–Trinajstić information content (AvgIpc) is 2.31. The Morgan fingerprint density at radius 3 is 1.94 bits per heavy atom. The van der Waals surface area contributed by atoms with E-state index in [0.717, 1.165) is 5.56 Å². The van der Waals surface area contributed by atoms with Crippen molar-refractivity contribution in [1.29, 1.82) is 0 Å². The molecule has 18 heavy (non-hydrogen) atoms. The second-order valence-electron chi connectivity index (χ2n) is 3.83. The quantitative estimate of drug-likeness (QED) is 0.610. The lowest BCUT2D eigenvalue weighted by molar-refractivity contribution is -0.384. The van der Waals surface area contributed by atoms with E-state index in [9.17, 15) is 14.9 Å². The molecule has 1 aromatic carbocycles. The van der Waals surface area contributed by atoms with Crippen LogP contribution in [0.2, 0.25) is 0 Å². The van der Waals surface area contributed by atoms with Crippen LogP contribution in [0.4, 0.5) is 5.69 Å². The maximum absolute atomic E-state index is 11.4. The summed E-state index contributed by atoms with van der Waals surface area (Å²) >= 11 is 0. The maximum Gasteiger partial charge on any atom is 0.269 e. The SMILES string of the molecule is CC.CC(=O)C(c1ccc([N+](=O)[O-])cc1)N(C)C. The Labute approximate surface area is 108 Å². The van der Waals surface area contributed by atoms with Gasteiger partial charge in [-0.3, -0.25) is 19.8 Å². The fourth-order valence-electron chi connectivity index (χ4n) is 1.67. The number of non-ortho nitro benzene ring substituents is 1. The second kappa shape index (κ2) is 7.55. The number of nitro groups is 1. The predicted octanol–water partition coefficient (Wildman–Crippen LogP) is 2.81. The van der Waals surface area contributed by atoms with Gasteiger partial charge in [0.25, 0.3) is 5.69 Å². The highest BCUT2D eigenvalue weighted by Crippen LogP contribution is 2.21. The molecule has 0 aromatic heterocycles. The molecular formula is C13H20N2O3. The van der Waals surface area contributed by atoms with E-state index in [1.165, 1.54) is 19.1 Å². The molecule has 0 N–H and O–H groups in total. The van der Waals surface area contributed by atoms with Gasteiger partial charge in [-0.2, -0.15) is 0 Å². The maximum atomic E-state index is 11.4. The van der Waals surface area contributed by atoms with Crippen molar-refractivity contribution in [2.75, 3.05) is 14.1 Å². The van der Waals surface area contributed by atoms with Crippen LogP contribution in [0.3, 0.4) is 0 Å². The zero-order valence-corrected chi connectivity index (χ0v) is 11.5. The van der Waals surface area contributed by atoms with Crippen LogP contribution in [0, 0.1) is 10.1 Å². The molecule has 1 rings (SSSR count). The van der Waals surface area contributed by atoms with E-state index in [0.29, 0.717) is 0 Å². The van der Waals surface area contributed by atoms with E-state index in [4.69, 9.17) is 0 Å². The van der Waals surface area contributed by atoms with E-state index < -0.39 is 4.92 Å². The van der Waals surface area contributed by atoms with Crippen LogP contribution in [0.25, 0.3) is 0 Å². The first-order valence-electron chi connectivity index (χ1n) is 5.84. The Hall–Kier alpha value is -1.75. The predicted molar refractivity (Wildman–Crippen MR) is 71.6 cm³/mol. The van der Waals surface area contributed by atoms with Crippen molar-refractivity contribution in [1.82, 2.24) is 4.90 Å². The summed E-state index contributed by atoms with van der Waals surface area (Å²) in [6.45, 7) is 5.51. The number of likely N-dealkylation sites (N-methyl/N-ethyl adjacent to an activating group) is 1. The monoisotopic (exact) mass is 252 g/mol. The minimum atomic E-state index is -0.456. The molecule has 1 atom stereocenters. The molecule has 0 saturated heterocycles. The first-order chi connectivity index (χ1) is 8.43. The smallest absolute Gasteiger partial charge is 0.269 e. The van der Waals surface area contributed by atoms with Crippen molar-refractivity contribution in [2.24, 2.45) is 0 Å². The molecule has 0 radical (unpaired) electrons. The normalized spacial score (nSPS) is 11.4. The zero-order valence-electron chi connectivity index (χ0n) is 11.5. The van der Waals surface area contributed by atoms with Gasteiger partial charge >= 0.3 is 0 Å². The molecule has 5 heteroatoms. The molecule has 5 nitrogen and oxygen atoms in total. The molecule has 0 saturated carbocycles. The van der Waals surface area contributed by atoms with E-state index >= 15 is 0 Å². The van der Waals surface area contributed by atoms with Crippen LogP contribution in [0.5, 0.6) is 0 Å². The fourth-order valence-corrected chi connectivity index (χ4v) is 1.67. The fraction of sp³-hybridized carbons (Fsp3) is 0.462. The molecule has 0 bridgehead atoms. The summed E-state index contributed by atoms with van der Waals surface area (Å²) in [7, 11) is 3.60. The van der Waals surface area contributed by atoms with Gasteiger partial charge in [0.1, 0.15) is 0 Å². The van der Waals surface area contributed by atoms with Crippen molar-refractivity contribution in [3.8, 4) is 0 Å². The van der Waals surface area contributed by atoms with Crippen molar-refractivity contribution in [2.45, 2.75) is 26.8 Å². The van der Waals surface area contributed by atoms with Gasteiger partial charge in [-0.05, 0) is 26.6 Å². The van der Waals surface area contributed by atoms with Crippen LogP contribution in [0.15, 0.2) is 24.3 Å². The van der Waals surface area contributed by atoms with Crippen molar-refractivity contribution in [3.05, 3.63) is 39.9 Å². The van der Waals surface area contributed by atoms with Crippen molar-refractivity contribution < 1.29 is 9.72 Å². The van der Waals surface area contributed by atoms with Crippen LogP contribution in [0.1, 0.15) is 32.4 Å². The molecule has 0 amide bonds. The Bertz CT molecular complexity index is 399. The number of ketones is 1. The van der Waals surface area contributed by atoms with Gasteiger partial charge in [0.15, 0.2) is 5.78 Å². The summed E-state index contributed by atoms with van der Waals surface area (Å²) in [5.74, 6) is 0.0128. The third kappa shape index (κ3) is 4.25. The summed E-state index contributed by atoms with van der Waals surface area (Å²) in [6, 6.07) is 5.71. The van der Waals surface area contributed by atoms with E-state index in [1.807, 2.05) is 13.8 Å². The van der Waals surface area contributed by atoms with Crippen LogP contribution in [-0.2, 0) is 4.79 Å². The van der Waals surface area contributed by atoms with Crippen molar-refractivity contribution in [3.63, 3.8) is 0 Å². The number of hydrogen-bond acceptors (Lipinski definition) is 4. The van der Waals surface area contributed by atoms with Crippen molar-refractivity contribution >= 4 is 11.5 Å². The first kappa shape index (κ1) is 16.2. The molecule has 1 aromatic rings. The van der Waals surface area contributed by atoms with Gasteiger partial charge in [-0.15, -0.1) is 0 Å². The van der Waals surface area contributed by atoms with Crippen LogP contribution in [-0.4, -0.2) is 29.7 Å². The van der Waals surface area contributed by atoms with Gasteiger partial charge in [0, 0.05) is 12.1 Å². The van der Waals surface area contributed by atoms with Gasteiger partial charge in [-0.25, -0.2) is 0 Å². The topological polar surface area (TPSA) is 63.4 Å². The highest BCUT2D eigenvalue weighted by Gasteiger charge is 2.19. The lowest BCUT2D eigenvalue weighted by Crippen LogP contribution is -2.25. The second-order valence-corrected chi connectivity index (χ2v) is 3.83. The molecule has 1 unspecified atom stereocenters. The first-order valence-corrected chi connectivity index (χ1v) is 5.84. The van der Waals surface area contributed by atoms with Gasteiger partial charge in [0.2, 0.25) is 0 Å². The van der Waals surface area contributed by atoms with Crippen LogP contribution >= 0.6 is 0 Å². The number of Topliss-reactive ketones (excluding diaryl/α,β-unsaturated/α-hetero) is 1. The molecule has 100 valence electrons. The Kier molecular flexibility index (Phi) is 6.82. The molecule has 0 heterocycles. The molecule has 0 aliphatic carbocycles. The third-order valence-corrected chi connectivity index (χ3v) is 2.32. The molecule has 0 fully saturated rings. The average molecular weight is 252 g/mol. The summed E-state index contributed by atoms with van der Waals surface area (Å²) < 4.78 is 0. The summed E-state index contributed by atoms with van der Waals surface area (Å²) in [6.07, 6.45) is 0. The number of benzene rings is 1. The Balaban J connectivity index is 0.00000137. The largest absolute Gasteiger partial charge is 0.298 e. The molecular weight excluding hydrogens is 232 g/mol. The van der Waals surface area contributed by atoms with E-state index in [1.54, 1.807) is 31.1 Å². The molecule has 0 aliphatic rings. The number of nitrogens with zero attached hydrogens (tertiary/aromatic N) is 2. The summed E-state index contributed by atoms with van der Waals surface area (Å²) in [5.41, 5.74) is 0.799. The van der Waals surface area contributed by atoms with E-state index in [2.05, 4.69) is 0 Å². The molecule has 0 spiro atoms. The van der Waals surface area contributed by atoms with Gasteiger partial charge in [0.05, 0.1) is 11.0 Å². The number of carbonyl (C=O) groups is 1. The van der Waals surface area contributed by atoms with E-state index in [-0.39, 0.29) is 17.5 Å². The third-order valence-electron chi connectivity index (χ3n) is 2.32. The van der Waals surface area contributed by atoms with Crippen LogP contribution < -0.4 is 0 Å². The Morgan fingerprint density at radius 2 is 1.67 bits per heavy atom. The molecule has 0 aliphatic heterocycles. The number of rotatable bonds is 4. The lowest BCUT2D eigenvalue weighted by atomic mass is 10.0. The number of carbonyl (C=O) groups excluding carboxylic acids is 1. The highest BCUT2D eigenvalue weighted by atomic mass is 16.6. The minimum Gasteiger partial charge on any atom is -0.298 e. The van der Waals surface area contributed by atoms with Gasteiger partial charge < -0.3 is 0 Å². The summed E-state index contributed by atoms with van der Waals surface area (Å²) in [5, 5.41) is 10.5. The summed E-state index contributed by atoms with van der Waals surface area (Å²) in [4.78, 5) is 23.2. The zero-order chi connectivity index (χ0) is 14.3. The minimum absolute atomic E-state index is 0.0128. The lowest BCUT2D eigenvalue weighted by Gasteiger charge is -2.21. The highest BCUT2D eigenvalue weighted by molar-refractivity contribution is 5.82.